The van der Waals surface area contributed by atoms with E-state index in [9.17, 15) is 18.0 Å². The minimum atomic E-state index is -4.39. The van der Waals surface area contributed by atoms with Crippen molar-refractivity contribution in [1.82, 2.24) is 9.97 Å². The SMILES string of the molecule is Cc1ccc(NC(=O)c2cnc(Nc3ccc(C(F)(F)F)cc3)nc2)cc1. The molecule has 0 spiro atoms. The van der Waals surface area contributed by atoms with Gasteiger partial charge in [0.05, 0.1) is 11.1 Å². The van der Waals surface area contributed by atoms with E-state index in [1.54, 1.807) is 12.1 Å². The van der Waals surface area contributed by atoms with Crippen molar-refractivity contribution in [2.45, 2.75) is 13.1 Å². The highest BCUT2D eigenvalue weighted by Crippen LogP contribution is 2.30. The number of anilines is 3. The normalized spacial score (nSPS) is 11.1. The summed E-state index contributed by atoms with van der Waals surface area (Å²) in [5, 5.41) is 5.51. The number of hydrogen-bond donors (Lipinski definition) is 2. The molecule has 0 aliphatic carbocycles. The van der Waals surface area contributed by atoms with Crippen molar-refractivity contribution in [3.05, 3.63) is 77.6 Å². The lowest BCUT2D eigenvalue weighted by Crippen LogP contribution is -2.13. The van der Waals surface area contributed by atoms with Crippen molar-refractivity contribution >= 4 is 23.2 Å². The van der Waals surface area contributed by atoms with E-state index in [0.29, 0.717) is 11.4 Å². The number of carbonyl (C=O) groups is 1. The molecule has 0 unspecified atom stereocenters. The maximum atomic E-state index is 12.6. The summed E-state index contributed by atoms with van der Waals surface area (Å²) in [4.78, 5) is 20.2. The fourth-order valence-electron chi connectivity index (χ4n) is 2.22. The Morgan fingerprint density at radius 2 is 1.44 bits per heavy atom. The zero-order chi connectivity index (χ0) is 19.4. The summed E-state index contributed by atoms with van der Waals surface area (Å²) in [6.45, 7) is 1.95. The maximum absolute atomic E-state index is 12.6. The van der Waals surface area contributed by atoms with Gasteiger partial charge in [0.2, 0.25) is 5.95 Å². The van der Waals surface area contributed by atoms with Gasteiger partial charge in [0.15, 0.2) is 0 Å². The van der Waals surface area contributed by atoms with E-state index < -0.39 is 11.7 Å². The van der Waals surface area contributed by atoms with E-state index in [2.05, 4.69) is 20.6 Å². The van der Waals surface area contributed by atoms with Crippen LogP contribution in [0.2, 0.25) is 0 Å². The molecular formula is C19H15F3N4O. The Hall–Kier alpha value is -3.42. The Morgan fingerprint density at radius 3 is 2.00 bits per heavy atom. The van der Waals surface area contributed by atoms with E-state index in [1.807, 2.05) is 19.1 Å². The van der Waals surface area contributed by atoms with Gasteiger partial charge in [-0.3, -0.25) is 4.79 Å². The van der Waals surface area contributed by atoms with E-state index in [0.717, 1.165) is 17.7 Å². The van der Waals surface area contributed by atoms with Crippen molar-refractivity contribution in [2.24, 2.45) is 0 Å². The third kappa shape index (κ3) is 4.81. The topological polar surface area (TPSA) is 66.9 Å². The number of amides is 1. The molecule has 138 valence electrons. The first-order valence-corrected chi connectivity index (χ1v) is 7.95. The Labute approximate surface area is 153 Å². The number of nitrogens with zero attached hydrogens (tertiary/aromatic N) is 2. The number of alkyl halides is 3. The molecule has 0 aliphatic heterocycles. The first kappa shape index (κ1) is 18.4. The van der Waals surface area contributed by atoms with Gasteiger partial charge in [-0.05, 0) is 43.3 Å². The summed E-state index contributed by atoms with van der Waals surface area (Å²) >= 11 is 0. The molecule has 8 heteroatoms. The summed E-state index contributed by atoms with van der Waals surface area (Å²) in [5.41, 5.74) is 1.65. The highest BCUT2D eigenvalue weighted by Gasteiger charge is 2.29. The van der Waals surface area contributed by atoms with Crippen LogP contribution in [0.15, 0.2) is 60.9 Å². The van der Waals surface area contributed by atoms with Crippen LogP contribution in [0.5, 0.6) is 0 Å². The van der Waals surface area contributed by atoms with Crippen LogP contribution >= 0.6 is 0 Å². The summed E-state index contributed by atoms with van der Waals surface area (Å²) in [5.74, 6) is -0.193. The Balaban J connectivity index is 1.64. The molecule has 3 aromatic rings. The second kappa shape index (κ2) is 7.45. The van der Waals surface area contributed by atoms with Gasteiger partial charge in [0, 0.05) is 23.8 Å². The molecule has 0 saturated heterocycles. The molecule has 1 amide bonds. The number of hydrogen-bond acceptors (Lipinski definition) is 4. The predicted molar refractivity (Wildman–Crippen MR) is 95.9 cm³/mol. The van der Waals surface area contributed by atoms with E-state index in [1.165, 1.54) is 24.5 Å². The molecule has 1 heterocycles. The van der Waals surface area contributed by atoms with Crippen LogP contribution in [0, 0.1) is 6.92 Å². The van der Waals surface area contributed by atoms with E-state index >= 15 is 0 Å². The van der Waals surface area contributed by atoms with Crippen LogP contribution < -0.4 is 10.6 Å². The summed E-state index contributed by atoms with van der Waals surface area (Å²) in [6, 6.07) is 11.8. The lowest BCUT2D eigenvalue weighted by atomic mass is 10.2. The molecule has 0 radical (unpaired) electrons. The van der Waals surface area contributed by atoms with Gasteiger partial charge in [0.25, 0.3) is 5.91 Å². The molecule has 2 N–H and O–H groups in total. The van der Waals surface area contributed by atoms with Crippen LogP contribution in [-0.4, -0.2) is 15.9 Å². The minimum Gasteiger partial charge on any atom is -0.324 e. The first-order valence-electron chi connectivity index (χ1n) is 7.95. The van der Waals surface area contributed by atoms with Gasteiger partial charge < -0.3 is 10.6 Å². The number of aromatic nitrogens is 2. The monoisotopic (exact) mass is 372 g/mol. The van der Waals surface area contributed by atoms with Crippen molar-refractivity contribution in [3.63, 3.8) is 0 Å². The molecule has 0 fully saturated rings. The van der Waals surface area contributed by atoms with Crippen molar-refractivity contribution in [1.29, 1.82) is 0 Å². The molecule has 0 saturated carbocycles. The fourth-order valence-corrected chi connectivity index (χ4v) is 2.22. The second-order valence-electron chi connectivity index (χ2n) is 5.82. The van der Waals surface area contributed by atoms with Crippen LogP contribution in [0.3, 0.4) is 0 Å². The highest BCUT2D eigenvalue weighted by atomic mass is 19.4. The largest absolute Gasteiger partial charge is 0.416 e. The summed E-state index contributed by atoms with van der Waals surface area (Å²) in [7, 11) is 0. The average molecular weight is 372 g/mol. The van der Waals surface area contributed by atoms with Crippen molar-refractivity contribution < 1.29 is 18.0 Å². The van der Waals surface area contributed by atoms with E-state index in [-0.39, 0.29) is 17.4 Å². The lowest BCUT2D eigenvalue weighted by molar-refractivity contribution is -0.137. The van der Waals surface area contributed by atoms with Gasteiger partial charge >= 0.3 is 6.18 Å². The predicted octanol–water partition coefficient (Wildman–Crippen LogP) is 4.80. The molecule has 5 nitrogen and oxygen atoms in total. The summed E-state index contributed by atoms with van der Waals surface area (Å²) in [6.07, 6.45) is -1.71. The number of nitrogens with one attached hydrogen (secondary N) is 2. The number of rotatable bonds is 4. The highest BCUT2D eigenvalue weighted by molar-refractivity contribution is 6.03. The third-order valence-electron chi connectivity index (χ3n) is 3.69. The smallest absolute Gasteiger partial charge is 0.324 e. The number of halogens is 3. The molecule has 27 heavy (non-hydrogen) atoms. The van der Waals surface area contributed by atoms with Crippen molar-refractivity contribution in [3.8, 4) is 0 Å². The molecule has 3 rings (SSSR count). The summed E-state index contributed by atoms with van der Waals surface area (Å²) < 4.78 is 37.7. The maximum Gasteiger partial charge on any atom is 0.416 e. The fraction of sp³-hybridized carbons (Fsp3) is 0.105. The molecule has 1 aromatic heterocycles. The Morgan fingerprint density at radius 1 is 0.889 bits per heavy atom. The number of carbonyl (C=O) groups excluding carboxylic acids is 1. The zero-order valence-electron chi connectivity index (χ0n) is 14.2. The average Bonchev–Trinajstić information content (AvgIpc) is 2.64. The minimum absolute atomic E-state index is 0.168. The number of aryl methyl sites for hydroxylation is 1. The van der Waals surface area contributed by atoms with E-state index in [4.69, 9.17) is 0 Å². The zero-order valence-corrected chi connectivity index (χ0v) is 14.2. The molecule has 0 aliphatic rings. The van der Waals surface area contributed by atoms with Gasteiger partial charge in [-0.25, -0.2) is 9.97 Å². The Bertz CT molecular complexity index is 921. The molecule has 0 bridgehead atoms. The lowest BCUT2D eigenvalue weighted by Gasteiger charge is -2.09. The van der Waals surface area contributed by atoms with Gasteiger partial charge in [0.1, 0.15) is 0 Å². The number of benzene rings is 2. The van der Waals surface area contributed by atoms with Crippen LogP contribution in [0.25, 0.3) is 0 Å². The van der Waals surface area contributed by atoms with Crippen LogP contribution in [0.1, 0.15) is 21.5 Å². The van der Waals surface area contributed by atoms with Crippen LogP contribution in [0.4, 0.5) is 30.5 Å². The third-order valence-corrected chi connectivity index (χ3v) is 3.69. The van der Waals surface area contributed by atoms with Gasteiger partial charge in [-0.15, -0.1) is 0 Å². The van der Waals surface area contributed by atoms with Gasteiger partial charge in [-0.1, -0.05) is 17.7 Å². The molecule has 2 aromatic carbocycles. The van der Waals surface area contributed by atoms with Crippen molar-refractivity contribution in [2.75, 3.05) is 10.6 Å². The van der Waals surface area contributed by atoms with Gasteiger partial charge in [-0.2, -0.15) is 13.2 Å². The molecular weight excluding hydrogens is 357 g/mol. The first-order chi connectivity index (χ1) is 12.8. The molecule has 0 atom stereocenters. The quantitative estimate of drug-likeness (QED) is 0.690. The standard InChI is InChI=1S/C19H15F3N4O/c1-12-2-6-15(7-3-12)25-17(27)13-10-23-18(24-11-13)26-16-8-4-14(5-9-16)19(20,21)22/h2-11H,1H3,(H,25,27)(H,23,24,26). The van der Waals surface area contributed by atoms with Crippen LogP contribution in [-0.2, 0) is 6.18 Å². The second-order valence-corrected chi connectivity index (χ2v) is 5.82. The Kier molecular flexibility index (Phi) is 5.07.